The van der Waals surface area contributed by atoms with Gasteiger partial charge < -0.3 is 4.74 Å². The fourth-order valence-electron chi connectivity index (χ4n) is 1.59. The van der Waals surface area contributed by atoms with Gasteiger partial charge in [0.25, 0.3) is 0 Å². The fraction of sp³-hybridized carbons (Fsp3) is 0.462. The number of carbonyl (C=O) groups excluding carboxylic acids is 1. The number of rotatable bonds is 6. The van der Waals surface area contributed by atoms with Gasteiger partial charge in [0.1, 0.15) is 11.9 Å². The molecule has 1 atom stereocenters. The zero-order valence-electron chi connectivity index (χ0n) is 10.0. The summed E-state index contributed by atoms with van der Waals surface area (Å²) < 4.78 is 18.4. The first-order valence-corrected chi connectivity index (χ1v) is 6.07. The number of ether oxygens (including phenoxy) is 1. The quantitative estimate of drug-likeness (QED) is 0.773. The van der Waals surface area contributed by atoms with Crippen LogP contribution in [0.3, 0.4) is 0 Å². The van der Waals surface area contributed by atoms with Crippen molar-refractivity contribution in [1.82, 2.24) is 0 Å². The Morgan fingerprint density at radius 1 is 1.47 bits per heavy atom. The Balaban J connectivity index is 2.96. The standard InChI is InChI=1S/C13H16ClFO2/c1-3-5-12(16)13(17-4-2)9-6-7-11(15)10(14)8-9/h6-8,13H,3-5H2,1-2H3. The van der Waals surface area contributed by atoms with Crippen LogP contribution in [0.15, 0.2) is 18.2 Å². The van der Waals surface area contributed by atoms with E-state index < -0.39 is 11.9 Å². The highest BCUT2D eigenvalue weighted by Gasteiger charge is 2.20. The Morgan fingerprint density at radius 2 is 2.18 bits per heavy atom. The number of halogens is 2. The highest BCUT2D eigenvalue weighted by molar-refractivity contribution is 6.30. The van der Waals surface area contributed by atoms with Crippen LogP contribution >= 0.6 is 11.6 Å². The van der Waals surface area contributed by atoms with Crippen molar-refractivity contribution in [3.8, 4) is 0 Å². The SMILES string of the molecule is CCCC(=O)C(OCC)c1ccc(F)c(Cl)c1. The van der Waals surface area contributed by atoms with Crippen molar-refractivity contribution in [3.05, 3.63) is 34.6 Å². The second kappa shape index (κ2) is 6.72. The summed E-state index contributed by atoms with van der Waals surface area (Å²) in [6.45, 7) is 4.17. The van der Waals surface area contributed by atoms with Crippen molar-refractivity contribution in [3.63, 3.8) is 0 Å². The van der Waals surface area contributed by atoms with Gasteiger partial charge in [-0.2, -0.15) is 0 Å². The largest absolute Gasteiger partial charge is 0.366 e. The van der Waals surface area contributed by atoms with E-state index in [2.05, 4.69) is 0 Å². The van der Waals surface area contributed by atoms with Gasteiger partial charge in [0.15, 0.2) is 5.78 Å². The summed E-state index contributed by atoms with van der Waals surface area (Å²) in [5, 5.41) is 0.0106. The van der Waals surface area contributed by atoms with Gasteiger partial charge in [0, 0.05) is 13.0 Å². The Kier molecular flexibility index (Phi) is 5.59. The summed E-state index contributed by atoms with van der Waals surface area (Å²) in [5.41, 5.74) is 0.608. The molecule has 0 aliphatic carbocycles. The van der Waals surface area contributed by atoms with E-state index in [4.69, 9.17) is 16.3 Å². The van der Waals surface area contributed by atoms with Gasteiger partial charge in [0.2, 0.25) is 0 Å². The molecule has 0 bridgehead atoms. The Labute approximate surface area is 106 Å². The molecule has 0 heterocycles. The van der Waals surface area contributed by atoms with Crippen LogP contribution in [0.2, 0.25) is 5.02 Å². The highest BCUT2D eigenvalue weighted by Crippen LogP contribution is 2.25. The number of benzene rings is 1. The summed E-state index contributed by atoms with van der Waals surface area (Å²) in [5.74, 6) is -0.495. The molecular weight excluding hydrogens is 243 g/mol. The molecule has 4 heteroatoms. The Hall–Kier alpha value is -0.930. The van der Waals surface area contributed by atoms with Crippen molar-refractivity contribution in [1.29, 1.82) is 0 Å². The van der Waals surface area contributed by atoms with Crippen molar-refractivity contribution < 1.29 is 13.9 Å². The first-order valence-electron chi connectivity index (χ1n) is 5.69. The molecular formula is C13H16ClFO2. The van der Waals surface area contributed by atoms with Gasteiger partial charge in [-0.25, -0.2) is 4.39 Å². The summed E-state index contributed by atoms with van der Waals surface area (Å²) in [4.78, 5) is 11.9. The van der Waals surface area contributed by atoms with E-state index in [9.17, 15) is 9.18 Å². The zero-order valence-corrected chi connectivity index (χ0v) is 10.8. The molecule has 0 radical (unpaired) electrons. The van der Waals surface area contributed by atoms with Crippen LogP contribution in [-0.4, -0.2) is 12.4 Å². The summed E-state index contributed by atoms with van der Waals surface area (Å²) in [7, 11) is 0. The summed E-state index contributed by atoms with van der Waals surface area (Å²) in [6.07, 6.45) is 0.565. The van der Waals surface area contributed by atoms with Crippen LogP contribution in [0.4, 0.5) is 4.39 Å². The minimum Gasteiger partial charge on any atom is -0.366 e. The van der Waals surface area contributed by atoms with Crippen LogP contribution in [0.25, 0.3) is 0 Å². The van der Waals surface area contributed by atoms with E-state index in [1.54, 1.807) is 0 Å². The number of Topliss-reactive ketones (excluding diaryl/α,β-unsaturated/α-hetero) is 1. The maximum atomic E-state index is 13.0. The molecule has 0 spiro atoms. The zero-order chi connectivity index (χ0) is 12.8. The third-order valence-electron chi connectivity index (χ3n) is 2.37. The molecule has 0 amide bonds. The van der Waals surface area contributed by atoms with Gasteiger partial charge in [-0.05, 0) is 31.0 Å². The molecule has 94 valence electrons. The van der Waals surface area contributed by atoms with E-state index in [-0.39, 0.29) is 10.8 Å². The van der Waals surface area contributed by atoms with Gasteiger partial charge >= 0.3 is 0 Å². The van der Waals surface area contributed by atoms with Crippen LogP contribution in [0.1, 0.15) is 38.4 Å². The van der Waals surface area contributed by atoms with E-state index in [1.807, 2.05) is 13.8 Å². The Morgan fingerprint density at radius 3 is 2.71 bits per heavy atom. The lowest BCUT2D eigenvalue weighted by molar-refractivity contribution is -0.130. The van der Waals surface area contributed by atoms with E-state index in [0.29, 0.717) is 18.6 Å². The second-order valence-corrected chi connectivity index (χ2v) is 4.13. The van der Waals surface area contributed by atoms with Crippen molar-refractivity contribution >= 4 is 17.4 Å². The second-order valence-electron chi connectivity index (χ2n) is 3.73. The third kappa shape index (κ3) is 3.79. The summed E-state index contributed by atoms with van der Waals surface area (Å²) in [6, 6.07) is 4.24. The van der Waals surface area contributed by atoms with E-state index in [1.165, 1.54) is 18.2 Å². The topological polar surface area (TPSA) is 26.3 Å². The van der Waals surface area contributed by atoms with E-state index in [0.717, 1.165) is 6.42 Å². The number of hydrogen-bond donors (Lipinski definition) is 0. The first kappa shape index (κ1) is 14.1. The fourth-order valence-corrected chi connectivity index (χ4v) is 1.78. The molecule has 0 aliphatic heterocycles. The van der Waals surface area contributed by atoms with E-state index >= 15 is 0 Å². The maximum Gasteiger partial charge on any atom is 0.166 e. The normalized spacial score (nSPS) is 12.5. The predicted molar refractivity (Wildman–Crippen MR) is 65.7 cm³/mol. The smallest absolute Gasteiger partial charge is 0.166 e. The van der Waals surface area contributed by atoms with Crippen LogP contribution < -0.4 is 0 Å². The molecule has 1 aromatic rings. The molecule has 0 fully saturated rings. The minimum atomic E-state index is -0.641. The van der Waals surface area contributed by atoms with Crippen molar-refractivity contribution in [2.24, 2.45) is 0 Å². The average molecular weight is 259 g/mol. The third-order valence-corrected chi connectivity index (χ3v) is 2.66. The molecule has 1 unspecified atom stereocenters. The lowest BCUT2D eigenvalue weighted by Crippen LogP contribution is -2.16. The average Bonchev–Trinajstić information content (AvgIpc) is 2.30. The lowest BCUT2D eigenvalue weighted by atomic mass is 10.0. The Bertz CT molecular complexity index is 393. The number of hydrogen-bond acceptors (Lipinski definition) is 2. The molecule has 0 aliphatic rings. The molecule has 0 saturated heterocycles. The van der Waals surface area contributed by atoms with Crippen LogP contribution in [0, 0.1) is 5.82 Å². The molecule has 1 rings (SSSR count). The van der Waals surface area contributed by atoms with Crippen molar-refractivity contribution in [2.45, 2.75) is 32.8 Å². The minimum absolute atomic E-state index is 0.00275. The molecule has 0 N–H and O–H groups in total. The van der Waals surface area contributed by atoms with Gasteiger partial charge in [-0.15, -0.1) is 0 Å². The maximum absolute atomic E-state index is 13.0. The lowest BCUT2D eigenvalue weighted by Gasteiger charge is -2.16. The number of carbonyl (C=O) groups is 1. The molecule has 0 aromatic heterocycles. The van der Waals surface area contributed by atoms with Gasteiger partial charge in [-0.1, -0.05) is 24.6 Å². The van der Waals surface area contributed by atoms with Gasteiger partial charge in [0.05, 0.1) is 5.02 Å². The monoisotopic (exact) mass is 258 g/mol. The van der Waals surface area contributed by atoms with Crippen LogP contribution in [0.5, 0.6) is 0 Å². The molecule has 0 saturated carbocycles. The number of ketones is 1. The molecule has 17 heavy (non-hydrogen) atoms. The summed E-state index contributed by atoms with van der Waals surface area (Å²) >= 11 is 5.70. The van der Waals surface area contributed by atoms with Crippen LogP contribution in [-0.2, 0) is 9.53 Å². The molecule has 1 aromatic carbocycles. The predicted octanol–water partition coefficient (Wildman–Crippen LogP) is 3.93. The van der Waals surface area contributed by atoms with Crippen molar-refractivity contribution in [2.75, 3.05) is 6.61 Å². The molecule has 2 nitrogen and oxygen atoms in total. The first-order chi connectivity index (χ1) is 8.10. The highest BCUT2D eigenvalue weighted by atomic mass is 35.5. The van der Waals surface area contributed by atoms with Gasteiger partial charge in [-0.3, -0.25) is 4.79 Å².